The minimum absolute atomic E-state index is 0.0580. The van der Waals surface area contributed by atoms with Crippen LogP contribution in [0.2, 0.25) is 0 Å². The summed E-state index contributed by atoms with van der Waals surface area (Å²) < 4.78 is 2.52. The smallest absolute Gasteiger partial charge is 0.358 e. The molecule has 12 nitrogen and oxygen atoms in total. The van der Waals surface area contributed by atoms with E-state index >= 15 is 0 Å². The van der Waals surface area contributed by atoms with Gasteiger partial charge < -0.3 is 15.4 Å². The van der Waals surface area contributed by atoms with Crippen molar-refractivity contribution in [3.8, 4) is 0 Å². The van der Waals surface area contributed by atoms with E-state index in [4.69, 9.17) is 0 Å². The Morgan fingerprint density at radius 1 is 1.35 bits per heavy atom. The molecule has 1 N–H and O–H groups in total. The fourth-order valence-corrected chi connectivity index (χ4v) is 1.97. The standard InChI is InChI=1S/C11H13N7O5/c1-7-10(17(20)21)11(18(22)23)14-16(7)6-9(19)12-5-8-3-4-13-15(8)2/h3-4H,5-6H2,1-2H3,(H,12,19). The molecule has 0 saturated carbocycles. The molecule has 0 aliphatic rings. The van der Waals surface area contributed by atoms with E-state index in [2.05, 4.69) is 15.5 Å². The van der Waals surface area contributed by atoms with E-state index < -0.39 is 27.3 Å². The highest BCUT2D eigenvalue weighted by molar-refractivity contribution is 5.76. The van der Waals surface area contributed by atoms with Crippen molar-refractivity contribution in [3.63, 3.8) is 0 Å². The molecule has 0 aromatic carbocycles. The van der Waals surface area contributed by atoms with E-state index in [1.807, 2.05) is 0 Å². The van der Waals surface area contributed by atoms with Crippen LogP contribution in [0.15, 0.2) is 12.3 Å². The zero-order chi connectivity index (χ0) is 17.1. The average Bonchev–Trinajstić information content (AvgIpc) is 3.01. The largest absolute Gasteiger partial charge is 0.468 e. The summed E-state index contributed by atoms with van der Waals surface area (Å²) in [5.41, 5.74) is -0.0145. The van der Waals surface area contributed by atoms with Crippen molar-refractivity contribution in [3.05, 3.63) is 43.9 Å². The molecule has 0 spiro atoms. The summed E-state index contributed by atoms with van der Waals surface area (Å²) in [6, 6.07) is 1.72. The number of carbonyl (C=O) groups is 1. The highest BCUT2D eigenvalue weighted by atomic mass is 16.6. The Morgan fingerprint density at radius 2 is 2.04 bits per heavy atom. The van der Waals surface area contributed by atoms with E-state index in [9.17, 15) is 25.0 Å². The number of nitrogens with zero attached hydrogens (tertiary/aromatic N) is 6. The molecule has 0 unspecified atom stereocenters. The first-order valence-corrected chi connectivity index (χ1v) is 6.41. The van der Waals surface area contributed by atoms with Crippen LogP contribution >= 0.6 is 0 Å². The minimum Gasteiger partial charge on any atom is -0.358 e. The van der Waals surface area contributed by atoms with E-state index in [-0.39, 0.29) is 18.8 Å². The number of aromatic nitrogens is 4. The van der Waals surface area contributed by atoms with E-state index in [0.29, 0.717) is 0 Å². The third-order valence-corrected chi connectivity index (χ3v) is 3.20. The van der Waals surface area contributed by atoms with Crippen molar-refractivity contribution in [2.75, 3.05) is 0 Å². The molecule has 2 rings (SSSR count). The molecule has 2 aromatic rings. The summed E-state index contributed by atoms with van der Waals surface area (Å²) in [4.78, 5) is 31.8. The van der Waals surface area contributed by atoms with Crippen LogP contribution in [0, 0.1) is 27.2 Å². The van der Waals surface area contributed by atoms with Gasteiger partial charge in [0.15, 0.2) is 0 Å². The second-order valence-corrected chi connectivity index (χ2v) is 4.65. The van der Waals surface area contributed by atoms with Crippen LogP contribution in [0.25, 0.3) is 0 Å². The fourth-order valence-electron chi connectivity index (χ4n) is 1.97. The molecular formula is C11H13N7O5. The molecule has 0 atom stereocenters. The van der Waals surface area contributed by atoms with Crippen LogP contribution in [0.1, 0.15) is 11.4 Å². The van der Waals surface area contributed by atoms with Crippen LogP contribution in [0.4, 0.5) is 11.5 Å². The predicted octanol–water partition coefficient (Wildman–Crippen LogP) is 0.0578. The summed E-state index contributed by atoms with van der Waals surface area (Å²) in [6.45, 7) is 1.14. The second-order valence-electron chi connectivity index (χ2n) is 4.65. The molecule has 0 radical (unpaired) electrons. The first-order chi connectivity index (χ1) is 10.8. The SMILES string of the molecule is Cc1c([N+](=O)[O-])c([N+](=O)[O-])nn1CC(=O)NCc1ccnn1C. The number of hydrogen-bond acceptors (Lipinski definition) is 7. The molecule has 23 heavy (non-hydrogen) atoms. The third-order valence-electron chi connectivity index (χ3n) is 3.20. The number of aryl methyl sites for hydroxylation is 1. The molecule has 0 saturated heterocycles. The normalized spacial score (nSPS) is 10.5. The molecule has 0 aliphatic carbocycles. The first kappa shape index (κ1) is 16.1. The summed E-state index contributed by atoms with van der Waals surface area (Å²) in [5.74, 6) is -1.37. The Hall–Kier alpha value is -3.31. The molecule has 2 aromatic heterocycles. The lowest BCUT2D eigenvalue weighted by atomic mass is 10.3. The summed E-state index contributed by atoms with van der Waals surface area (Å²) >= 11 is 0. The van der Waals surface area contributed by atoms with Gasteiger partial charge in [0, 0.05) is 13.2 Å². The van der Waals surface area contributed by atoms with Gasteiger partial charge in [-0.05, 0) is 17.9 Å². The van der Waals surface area contributed by atoms with Crippen LogP contribution in [0.3, 0.4) is 0 Å². The number of rotatable bonds is 6. The minimum atomic E-state index is -0.949. The third kappa shape index (κ3) is 3.30. The van der Waals surface area contributed by atoms with Gasteiger partial charge in [0.05, 0.1) is 22.3 Å². The zero-order valence-electron chi connectivity index (χ0n) is 12.3. The highest BCUT2D eigenvalue weighted by Crippen LogP contribution is 2.28. The molecule has 0 aliphatic heterocycles. The molecule has 0 bridgehead atoms. The lowest BCUT2D eigenvalue weighted by Crippen LogP contribution is -2.28. The Balaban J connectivity index is 2.12. The van der Waals surface area contributed by atoms with Crippen LogP contribution in [0.5, 0.6) is 0 Å². The first-order valence-electron chi connectivity index (χ1n) is 6.41. The molecular weight excluding hydrogens is 310 g/mol. The number of hydrogen-bond donors (Lipinski definition) is 1. The van der Waals surface area contributed by atoms with Gasteiger partial charge in [-0.3, -0.25) is 19.6 Å². The van der Waals surface area contributed by atoms with Gasteiger partial charge in [-0.25, -0.2) is 0 Å². The van der Waals surface area contributed by atoms with Gasteiger partial charge in [-0.15, -0.1) is 0 Å². The monoisotopic (exact) mass is 323 g/mol. The quantitative estimate of drug-likeness (QED) is 0.582. The van der Waals surface area contributed by atoms with Gasteiger partial charge in [-0.1, -0.05) is 0 Å². The number of amides is 1. The molecule has 122 valence electrons. The lowest BCUT2D eigenvalue weighted by Gasteiger charge is -2.04. The van der Waals surface area contributed by atoms with Gasteiger partial charge in [0.25, 0.3) is 0 Å². The van der Waals surface area contributed by atoms with Crippen molar-refractivity contribution in [2.45, 2.75) is 20.0 Å². The van der Waals surface area contributed by atoms with E-state index in [1.54, 1.807) is 24.0 Å². The van der Waals surface area contributed by atoms with Crippen molar-refractivity contribution >= 4 is 17.4 Å². The predicted molar refractivity (Wildman–Crippen MR) is 75.3 cm³/mol. The second kappa shape index (κ2) is 6.21. The highest BCUT2D eigenvalue weighted by Gasteiger charge is 2.35. The molecule has 12 heteroatoms. The van der Waals surface area contributed by atoms with Gasteiger partial charge in [0.2, 0.25) is 5.91 Å². The average molecular weight is 323 g/mol. The van der Waals surface area contributed by atoms with Crippen molar-refractivity contribution in [1.29, 1.82) is 0 Å². The molecule has 0 fully saturated rings. The summed E-state index contributed by atoms with van der Waals surface area (Å²) in [6.07, 6.45) is 1.58. The zero-order valence-corrected chi connectivity index (χ0v) is 12.3. The van der Waals surface area contributed by atoms with Crippen molar-refractivity contribution in [2.24, 2.45) is 7.05 Å². The van der Waals surface area contributed by atoms with Crippen LogP contribution < -0.4 is 5.32 Å². The Kier molecular flexibility index (Phi) is 4.34. The summed E-state index contributed by atoms with van der Waals surface area (Å²) in [5, 5.41) is 31.8. The van der Waals surface area contributed by atoms with E-state index in [1.165, 1.54) is 6.92 Å². The number of nitro groups is 2. The Labute approximate surface area is 129 Å². The van der Waals surface area contributed by atoms with Gasteiger partial charge >= 0.3 is 11.5 Å². The molecule has 2 heterocycles. The summed E-state index contributed by atoms with van der Waals surface area (Å²) in [7, 11) is 1.71. The maximum atomic E-state index is 11.9. The topological polar surface area (TPSA) is 151 Å². The Morgan fingerprint density at radius 3 is 2.52 bits per heavy atom. The van der Waals surface area contributed by atoms with Crippen molar-refractivity contribution in [1.82, 2.24) is 24.9 Å². The lowest BCUT2D eigenvalue weighted by molar-refractivity contribution is -0.424. The van der Waals surface area contributed by atoms with E-state index in [0.717, 1.165) is 10.4 Å². The Bertz CT molecular complexity index is 778. The van der Waals surface area contributed by atoms with Gasteiger partial charge in [0.1, 0.15) is 12.2 Å². The maximum Gasteiger partial charge on any atom is 0.468 e. The van der Waals surface area contributed by atoms with Crippen LogP contribution in [-0.4, -0.2) is 35.3 Å². The number of nitrogens with one attached hydrogen (secondary N) is 1. The fraction of sp³-hybridized carbons (Fsp3) is 0.364. The maximum absolute atomic E-state index is 11.9. The van der Waals surface area contributed by atoms with Crippen molar-refractivity contribution < 1.29 is 14.6 Å². The van der Waals surface area contributed by atoms with Gasteiger partial charge in [-0.2, -0.15) is 9.78 Å². The molecule has 1 amide bonds. The number of carbonyl (C=O) groups excluding carboxylic acids is 1. The van der Waals surface area contributed by atoms with Crippen LogP contribution in [-0.2, 0) is 24.9 Å².